The highest BCUT2D eigenvalue weighted by Crippen LogP contribution is 2.36. The summed E-state index contributed by atoms with van der Waals surface area (Å²) in [5.74, 6) is 0.832. The Morgan fingerprint density at radius 1 is 1.06 bits per heavy atom. The van der Waals surface area contributed by atoms with Gasteiger partial charge in [-0.15, -0.1) is 0 Å². The van der Waals surface area contributed by atoms with Crippen molar-refractivity contribution in [1.82, 2.24) is 25.1 Å². The third-order valence-electron chi connectivity index (χ3n) is 7.80. The fourth-order valence-electron chi connectivity index (χ4n) is 5.69. The number of nitrogens with one attached hydrogen (secondary N) is 1. The lowest BCUT2D eigenvalue weighted by Crippen LogP contribution is -2.55. The molecule has 0 aliphatic carbocycles. The molecule has 36 heavy (non-hydrogen) atoms. The topological polar surface area (TPSA) is 87.7 Å². The van der Waals surface area contributed by atoms with E-state index in [2.05, 4.69) is 26.3 Å². The third-order valence-corrected chi connectivity index (χ3v) is 7.80. The Hall–Kier alpha value is -3.52. The number of urea groups is 1. The quantitative estimate of drug-likeness (QED) is 0.487. The summed E-state index contributed by atoms with van der Waals surface area (Å²) in [6.07, 6.45) is 6.40. The van der Waals surface area contributed by atoms with E-state index in [1.807, 2.05) is 43.3 Å². The number of rotatable bonds is 8. The molecule has 2 aliphatic rings. The number of hydrogen-bond donors (Lipinski definition) is 1. The van der Waals surface area contributed by atoms with Gasteiger partial charge in [-0.25, -0.2) is 4.79 Å². The zero-order chi connectivity index (χ0) is 25.1. The van der Waals surface area contributed by atoms with Crippen LogP contribution in [0, 0.1) is 5.92 Å². The highest BCUT2D eigenvalue weighted by atomic mass is 16.5. The van der Waals surface area contributed by atoms with Crippen LogP contribution < -0.4 is 10.1 Å². The summed E-state index contributed by atoms with van der Waals surface area (Å²) in [4.78, 5) is 39.3. The maximum absolute atomic E-state index is 13.6. The molecule has 0 unspecified atom stereocenters. The Morgan fingerprint density at radius 3 is 2.53 bits per heavy atom. The van der Waals surface area contributed by atoms with Gasteiger partial charge in [-0.2, -0.15) is 0 Å². The predicted molar refractivity (Wildman–Crippen MR) is 138 cm³/mol. The van der Waals surface area contributed by atoms with Crippen LogP contribution in [0.1, 0.15) is 37.3 Å². The fraction of sp³-hybridized carbons (Fsp3) is 0.429. The largest absolute Gasteiger partial charge is 0.497 e. The number of hydrogen-bond acceptors (Lipinski definition) is 6. The lowest BCUT2D eigenvalue weighted by Gasteiger charge is -2.40. The number of benzene rings is 2. The summed E-state index contributed by atoms with van der Waals surface area (Å²) in [5, 5.41) is 3.11. The molecule has 1 aromatic heterocycles. The van der Waals surface area contributed by atoms with Crippen LogP contribution in [0.25, 0.3) is 11.0 Å². The number of para-hydroxylation sites is 1. The number of carbonyl (C=O) groups excluding carboxylic acids is 2. The minimum Gasteiger partial charge on any atom is -0.497 e. The van der Waals surface area contributed by atoms with E-state index in [1.54, 1.807) is 19.5 Å². The van der Waals surface area contributed by atoms with Crippen molar-refractivity contribution in [2.24, 2.45) is 5.92 Å². The molecule has 2 aromatic carbocycles. The van der Waals surface area contributed by atoms with Crippen LogP contribution >= 0.6 is 0 Å². The number of carbonyl (C=O) groups is 2. The number of aromatic nitrogens is 2. The van der Waals surface area contributed by atoms with Crippen molar-refractivity contribution in [2.45, 2.75) is 44.7 Å². The van der Waals surface area contributed by atoms with E-state index in [9.17, 15) is 9.59 Å². The molecule has 1 N–H and O–H groups in total. The maximum atomic E-state index is 13.6. The number of amides is 3. The zero-order valence-corrected chi connectivity index (χ0v) is 20.9. The number of methoxy groups -OCH3 is 1. The van der Waals surface area contributed by atoms with Crippen LogP contribution in [0.4, 0.5) is 4.79 Å². The van der Waals surface area contributed by atoms with Crippen LogP contribution in [-0.4, -0.2) is 64.0 Å². The molecular formula is C28H33N5O3. The number of imide groups is 1. The minimum atomic E-state index is -0.812. The van der Waals surface area contributed by atoms with Crippen LogP contribution in [0.2, 0.25) is 0 Å². The third kappa shape index (κ3) is 4.53. The molecule has 3 aromatic rings. The van der Waals surface area contributed by atoms with E-state index in [0.29, 0.717) is 19.4 Å². The zero-order valence-electron chi connectivity index (χ0n) is 20.9. The van der Waals surface area contributed by atoms with Gasteiger partial charge in [0.1, 0.15) is 11.3 Å². The summed E-state index contributed by atoms with van der Waals surface area (Å²) < 4.78 is 5.21. The second-order valence-corrected chi connectivity index (χ2v) is 9.70. The average Bonchev–Trinajstić information content (AvgIpc) is 3.17. The Balaban J connectivity index is 1.22. The Bertz CT molecular complexity index is 1230. The van der Waals surface area contributed by atoms with Crippen molar-refractivity contribution in [3.05, 3.63) is 66.0 Å². The molecule has 0 spiro atoms. The van der Waals surface area contributed by atoms with Crippen LogP contribution in [-0.2, 0) is 17.8 Å². The highest BCUT2D eigenvalue weighted by Gasteiger charge is 2.54. The first-order chi connectivity index (χ1) is 17.5. The Labute approximate surface area is 211 Å². The van der Waals surface area contributed by atoms with Crippen molar-refractivity contribution in [3.63, 3.8) is 0 Å². The smallest absolute Gasteiger partial charge is 0.325 e. The van der Waals surface area contributed by atoms with Gasteiger partial charge >= 0.3 is 6.03 Å². The van der Waals surface area contributed by atoms with Gasteiger partial charge < -0.3 is 10.1 Å². The first-order valence-electron chi connectivity index (χ1n) is 12.7. The number of likely N-dealkylation sites (tertiary alicyclic amines) is 1. The monoisotopic (exact) mass is 487 g/mol. The molecular weight excluding hydrogens is 454 g/mol. The summed E-state index contributed by atoms with van der Waals surface area (Å²) in [6, 6.07) is 13.6. The number of nitrogens with zero attached hydrogens (tertiary/aromatic N) is 4. The number of piperidine rings is 1. The van der Waals surface area contributed by atoms with E-state index >= 15 is 0 Å². The highest BCUT2D eigenvalue weighted by molar-refractivity contribution is 6.07. The number of ether oxygens (including phenoxy) is 1. The molecule has 2 aliphatic heterocycles. The molecule has 3 heterocycles. The van der Waals surface area contributed by atoms with Crippen LogP contribution in [0.5, 0.6) is 5.75 Å². The normalized spacial score (nSPS) is 21.2. The van der Waals surface area contributed by atoms with Crippen LogP contribution in [0.15, 0.2) is 54.9 Å². The molecule has 2 fully saturated rings. The van der Waals surface area contributed by atoms with Crippen LogP contribution in [0.3, 0.4) is 0 Å². The van der Waals surface area contributed by atoms with Crippen molar-refractivity contribution >= 4 is 23.0 Å². The summed E-state index contributed by atoms with van der Waals surface area (Å²) in [5.41, 5.74) is 3.27. The van der Waals surface area contributed by atoms with Crippen molar-refractivity contribution in [1.29, 1.82) is 0 Å². The van der Waals surface area contributed by atoms with E-state index in [0.717, 1.165) is 54.8 Å². The lowest BCUT2D eigenvalue weighted by molar-refractivity contribution is -0.134. The summed E-state index contributed by atoms with van der Waals surface area (Å²) in [7, 11) is 1.63. The van der Waals surface area contributed by atoms with Gasteiger partial charge in [0.05, 0.1) is 18.1 Å². The summed E-state index contributed by atoms with van der Waals surface area (Å²) in [6.45, 7) is 4.93. The molecule has 8 heteroatoms. The van der Waals surface area contributed by atoms with E-state index < -0.39 is 5.54 Å². The first-order valence-corrected chi connectivity index (χ1v) is 12.7. The first kappa shape index (κ1) is 24.2. The van der Waals surface area contributed by atoms with Gasteiger partial charge in [-0.05, 0) is 74.0 Å². The van der Waals surface area contributed by atoms with Gasteiger partial charge in [-0.1, -0.05) is 31.2 Å². The van der Waals surface area contributed by atoms with Gasteiger partial charge in [0, 0.05) is 25.5 Å². The second kappa shape index (κ2) is 10.2. The molecule has 0 bridgehead atoms. The van der Waals surface area contributed by atoms with E-state index in [4.69, 9.17) is 4.74 Å². The minimum absolute atomic E-state index is 0.0775. The van der Waals surface area contributed by atoms with Gasteiger partial charge in [-0.3, -0.25) is 24.6 Å². The second-order valence-electron chi connectivity index (χ2n) is 9.70. The Kier molecular flexibility index (Phi) is 6.87. The van der Waals surface area contributed by atoms with E-state index in [1.165, 1.54) is 10.5 Å². The van der Waals surface area contributed by atoms with Crippen molar-refractivity contribution in [2.75, 3.05) is 26.7 Å². The molecule has 0 saturated carbocycles. The maximum Gasteiger partial charge on any atom is 0.325 e. The lowest BCUT2D eigenvalue weighted by atomic mass is 9.75. The van der Waals surface area contributed by atoms with Gasteiger partial charge in [0.25, 0.3) is 5.91 Å². The van der Waals surface area contributed by atoms with Gasteiger partial charge in [0.15, 0.2) is 0 Å². The molecule has 1 atom stereocenters. The molecule has 5 rings (SSSR count). The molecule has 3 amide bonds. The summed E-state index contributed by atoms with van der Waals surface area (Å²) >= 11 is 0. The van der Waals surface area contributed by atoms with E-state index in [-0.39, 0.29) is 17.9 Å². The molecule has 8 nitrogen and oxygen atoms in total. The Morgan fingerprint density at radius 2 is 1.81 bits per heavy atom. The average molecular weight is 488 g/mol. The molecule has 188 valence electrons. The standard InChI is InChI=1S/C28H33N5O3/c1-3-28(26(34)33(27(35)31-28)18-11-20-7-9-23(36-2)10-8-20)22-12-16-32(17-13-22)19-21-5-4-6-24-25(21)30-15-14-29-24/h4-10,14-15,22H,3,11-13,16-19H2,1-2H3,(H,31,35)/t28-/m0/s1. The molecule has 2 saturated heterocycles. The van der Waals surface area contributed by atoms with Gasteiger partial charge in [0.2, 0.25) is 0 Å². The van der Waals surface area contributed by atoms with Crippen molar-refractivity contribution < 1.29 is 14.3 Å². The fourth-order valence-corrected chi connectivity index (χ4v) is 5.69. The SMILES string of the molecule is CC[C@@]1(C2CCN(Cc3cccc4nccnc34)CC2)NC(=O)N(CCc2ccc(OC)cc2)C1=O. The number of fused-ring (bicyclic) bond motifs is 1. The van der Waals surface area contributed by atoms with Crippen molar-refractivity contribution in [3.8, 4) is 5.75 Å². The molecule has 0 radical (unpaired) electrons. The predicted octanol–water partition coefficient (Wildman–Crippen LogP) is 3.79.